The van der Waals surface area contributed by atoms with Crippen LogP contribution in [0.15, 0.2) is 229 Å². The lowest BCUT2D eigenvalue weighted by Crippen LogP contribution is -1.95. The lowest BCUT2D eigenvalue weighted by molar-refractivity contribution is 0.669. The van der Waals surface area contributed by atoms with Gasteiger partial charge in [0.25, 0.3) is 0 Å². The van der Waals surface area contributed by atoms with Crippen molar-refractivity contribution < 1.29 is 4.42 Å². The largest absolute Gasteiger partial charge is 0.456 e. The number of aromatic nitrogens is 3. The molecule has 316 valence electrons. The van der Waals surface area contributed by atoms with Crippen LogP contribution in [0.5, 0.6) is 0 Å². The molecule has 0 saturated heterocycles. The molecule has 10 aromatic carbocycles. The fraction of sp³-hybridized carbons (Fsp3) is 0. The van der Waals surface area contributed by atoms with Gasteiger partial charge in [0.05, 0.1) is 22.6 Å². The monoisotopic (exact) mass is 883 g/mol. The van der Waals surface area contributed by atoms with E-state index < -0.39 is 0 Å². The second-order valence-corrected chi connectivity index (χ2v) is 18.5. The van der Waals surface area contributed by atoms with Gasteiger partial charge in [-0.25, -0.2) is 15.0 Å². The SMILES string of the molecule is c1ccc(-c2cc(-c3ccc4c(c3)sc3c(-c5cc(-c6cccc7c6nc(-c6ccccc6)c6ccc8oc9ccccc9c8c67)cc6ccccc56)cccc34)nc(-c3ccccc3)n2)cc1. The maximum absolute atomic E-state index is 6.49. The van der Waals surface area contributed by atoms with Crippen molar-refractivity contribution in [2.24, 2.45) is 0 Å². The van der Waals surface area contributed by atoms with Crippen molar-refractivity contribution in [3.8, 4) is 67.4 Å². The van der Waals surface area contributed by atoms with Gasteiger partial charge in [-0.2, -0.15) is 0 Å². The molecule has 0 fully saturated rings. The van der Waals surface area contributed by atoms with E-state index in [1.54, 1.807) is 0 Å². The van der Waals surface area contributed by atoms with Crippen molar-refractivity contribution in [1.82, 2.24) is 15.0 Å². The third-order valence-electron chi connectivity index (χ3n) is 13.5. The Hall–Kier alpha value is -8.77. The molecule has 68 heavy (non-hydrogen) atoms. The summed E-state index contributed by atoms with van der Waals surface area (Å²) in [6.45, 7) is 0. The molecule has 5 heteroatoms. The minimum absolute atomic E-state index is 0.710. The number of hydrogen-bond donors (Lipinski definition) is 0. The Morgan fingerprint density at radius 1 is 0.338 bits per heavy atom. The van der Waals surface area contributed by atoms with E-state index in [-0.39, 0.29) is 0 Å². The van der Waals surface area contributed by atoms with Gasteiger partial charge >= 0.3 is 0 Å². The Kier molecular flexibility index (Phi) is 8.73. The first-order valence-corrected chi connectivity index (χ1v) is 23.7. The van der Waals surface area contributed by atoms with Gasteiger partial charge in [0.15, 0.2) is 5.82 Å². The Labute approximate surface area is 395 Å². The van der Waals surface area contributed by atoms with Gasteiger partial charge in [-0.3, -0.25) is 0 Å². The summed E-state index contributed by atoms with van der Waals surface area (Å²) in [5.41, 5.74) is 14.2. The predicted octanol–water partition coefficient (Wildman–Crippen LogP) is 17.6. The number of thiophene rings is 1. The molecular formula is C63H37N3OS. The van der Waals surface area contributed by atoms with Crippen LogP contribution in [0.25, 0.3) is 142 Å². The van der Waals surface area contributed by atoms with Crippen LogP contribution in [-0.4, -0.2) is 15.0 Å². The molecule has 4 heterocycles. The zero-order valence-corrected chi connectivity index (χ0v) is 37.3. The van der Waals surface area contributed by atoms with E-state index in [2.05, 4.69) is 194 Å². The Bertz CT molecular complexity index is 4250. The minimum atomic E-state index is 0.710. The highest BCUT2D eigenvalue weighted by Gasteiger charge is 2.21. The fourth-order valence-electron chi connectivity index (χ4n) is 10.3. The number of rotatable bonds is 6. The molecule has 0 bridgehead atoms. The maximum atomic E-state index is 6.49. The standard InChI is InChI=1S/C63H37N3OS/c1-4-16-38(17-5-1)53-37-54(65-63(64-53)40-20-8-3-9-21-40)42-30-31-46-47-26-15-27-48(62(47)68-57(46)36-42)52-35-43(34-41-22-10-11-23-44(41)52)45-25-14-28-50-58-51(60(66-61(45)50)39-18-6-2-7-19-39)32-33-56-59(58)49-24-12-13-29-55(49)67-56/h1-37H. The lowest BCUT2D eigenvalue weighted by Gasteiger charge is -2.16. The van der Waals surface area contributed by atoms with Gasteiger partial charge in [0.2, 0.25) is 0 Å². The van der Waals surface area contributed by atoms with Crippen LogP contribution in [0, 0.1) is 0 Å². The third kappa shape index (κ3) is 6.17. The first-order chi connectivity index (χ1) is 33.7. The molecule has 0 unspecified atom stereocenters. The van der Waals surface area contributed by atoms with Crippen LogP contribution >= 0.6 is 11.3 Å². The molecule has 0 radical (unpaired) electrons. The minimum Gasteiger partial charge on any atom is -0.456 e. The summed E-state index contributed by atoms with van der Waals surface area (Å²) in [6.07, 6.45) is 0. The molecule has 14 aromatic rings. The Morgan fingerprint density at radius 3 is 1.79 bits per heavy atom. The van der Waals surface area contributed by atoms with Gasteiger partial charge in [-0.15, -0.1) is 11.3 Å². The molecule has 4 aromatic heterocycles. The van der Waals surface area contributed by atoms with Crippen LogP contribution in [0.1, 0.15) is 0 Å². The molecule has 0 N–H and O–H groups in total. The van der Waals surface area contributed by atoms with Gasteiger partial charge in [0.1, 0.15) is 11.2 Å². The van der Waals surface area contributed by atoms with Crippen molar-refractivity contribution in [2.45, 2.75) is 0 Å². The summed E-state index contributed by atoms with van der Waals surface area (Å²) >= 11 is 1.85. The topological polar surface area (TPSA) is 51.8 Å². The molecule has 0 amide bonds. The average Bonchev–Trinajstić information content (AvgIpc) is 3.99. The number of hydrogen-bond acceptors (Lipinski definition) is 5. The molecule has 0 spiro atoms. The van der Waals surface area contributed by atoms with E-state index >= 15 is 0 Å². The number of benzene rings is 10. The molecular weight excluding hydrogens is 847 g/mol. The van der Waals surface area contributed by atoms with Crippen molar-refractivity contribution in [3.63, 3.8) is 0 Å². The molecule has 0 saturated carbocycles. The Balaban J connectivity index is 0.971. The van der Waals surface area contributed by atoms with Crippen LogP contribution < -0.4 is 0 Å². The first kappa shape index (κ1) is 38.5. The van der Waals surface area contributed by atoms with Gasteiger partial charge < -0.3 is 4.42 Å². The molecule has 0 aliphatic carbocycles. The average molecular weight is 884 g/mol. The van der Waals surface area contributed by atoms with E-state index in [9.17, 15) is 0 Å². The highest BCUT2D eigenvalue weighted by molar-refractivity contribution is 7.26. The lowest BCUT2D eigenvalue weighted by atomic mass is 9.90. The molecule has 4 nitrogen and oxygen atoms in total. The summed E-state index contributed by atoms with van der Waals surface area (Å²) in [6, 6.07) is 79.6. The zero-order valence-electron chi connectivity index (χ0n) is 36.5. The highest BCUT2D eigenvalue weighted by Crippen LogP contribution is 2.47. The predicted molar refractivity (Wildman–Crippen MR) is 285 cm³/mol. The number of nitrogens with zero attached hydrogens (tertiary/aromatic N) is 3. The normalized spacial score (nSPS) is 11.8. The van der Waals surface area contributed by atoms with Crippen molar-refractivity contribution >= 4 is 85.9 Å². The highest BCUT2D eigenvalue weighted by atomic mass is 32.1. The second-order valence-electron chi connectivity index (χ2n) is 17.4. The van der Waals surface area contributed by atoms with E-state index in [1.807, 2.05) is 41.7 Å². The van der Waals surface area contributed by atoms with Crippen molar-refractivity contribution in [3.05, 3.63) is 224 Å². The summed E-state index contributed by atoms with van der Waals surface area (Å²) in [7, 11) is 0. The second kappa shape index (κ2) is 15.4. The van der Waals surface area contributed by atoms with Crippen LogP contribution in [-0.2, 0) is 0 Å². The number of fused-ring (bicyclic) bond motifs is 11. The number of para-hydroxylation sites is 2. The summed E-state index contributed by atoms with van der Waals surface area (Å²) in [4.78, 5) is 15.8. The number of furan rings is 1. The van der Waals surface area contributed by atoms with E-state index in [4.69, 9.17) is 19.4 Å². The van der Waals surface area contributed by atoms with Gasteiger partial charge in [-0.1, -0.05) is 182 Å². The molecule has 0 aliphatic heterocycles. The van der Waals surface area contributed by atoms with Crippen LogP contribution in [0.4, 0.5) is 0 Å². The van der Waals surface area contributed by atoms with E-state index in [1.165, 1.54) is 42.1 Å². The van der Waals surface area contributed by atoms with E-state index in [0.29, 0.717) is 5.82 Å². The van der Waals surface area contributed by atoms with Crippen LogP contribution in [0.3, 0.4) is 0 Å². The molecule has 0 aliphatic rings. The first-order valence-electron chi connectivity index (χ1n) is 22.9. The molecule has 14 rings (SSSR count). The number of pyridine rings is 1. The smallest absolute Gasteiger partial charge is 0.160 e. The third-order valence-corrected chi connectivity index (χ3v) is 14.7. The fourth-order valence-corrected chi connectivity index (χ4v) is 11.6. The summed E-state index contributed by atoms with van der Waals surface area (Å²) in [5, 5.41) is 10.4. The van der Waals surface area contributed by atoms with Crippen LogP contribution in [0.2, 0.25) is 0 Å². The Morgan fingerprint density at radius 2 is 0.985 bits per heavy atom. The summed E-state index contributed by atoms with van der Waals surface area (Å²) < 4.78 is 8.95. The van der Waals surface area contributed by atoms with E-state index in [0.717, 1.165) is 94.1 Å². The maximum Gasteiger partial charge on any atom is 0.160 e. The van der Waals surface area contributed by atoms with Crippen molar-refractivity contribution in [1.29, 1.82) is 0 Å². The summed E-state index contributed by atoms with van der Waals surface area (Å²) in [5.74, 6) is 0.710. The van der Waals surface area contributed by atoms with Gasteiger partial charge in [-0.05, 0) is 64.4 Å². The van der Waals surface area contributed by atoms with Crippen molar-refractivity contribution in [2.75, 3.05) is 0 Å². The molecule has 0 atom stereocenters. The van der Waals surface area contributed by atoms with Gasteiger partial charge in [0, 0.05) is 80.5 Å². The zero-order chi connectivity index (χ0) is 44.7. The quantitative estimate of drug-likeness (QED) is 0.156.